The Morgan fingerprint density at radius 1 is 1.67 bits per heavy atom. The average molecular weight is 252 g/mol. The molecular formula is C12H20N4O2. The molecular weight excluding hydrogens is 232 g/mol. The molecule has 0 bridgehead atoms. The van der Waals surface area contributed by atoms with Gasteiger partial charge in [-0.05, 0) is 18.8 Å². The van der Waals surface area contributed by atoms with Gasteiger partial charge in [0.1, 0.15) is 0 Å². The number of carbonyl (C=O) groups excluding carboxylic acids is 1. The molecule has 0 radical (unpaired) electrons. The van der Waals surface area contributed by atoms with Gasteiger partial charge in [0.15, 0.2) is 0 Å². The minimum absolute atomic E-state index is 0.0155. The highest BCUT2D eigenvalue weighted by Gasteiger charge is 2.31. The molecule has 6 nitrogen and oxygen atoms in total. The normalized spacial score (nSPS) is 24.1. The highest BCUT2D eigenvalue weighted by Crippen LogP contribution is 2.23. The lowest BCUT2D eigenvalue weighted by molar-refractivity contribution is 0.0811. The van der Waals surface area contributed by atoms with Crippen LogP contribution in [-0.2, 0) is 7.05 Å². The number of aryl methyl sites for hydroxylation is 1. The van der Waals surface area contributed by atoms with Crippen LogP contribution in [0.15, 0.2) is 12.4 Å². The van der Waals surface area contributed by atoms with Crippen LogP contribution in [-0.4, -0.2) is 45.0 Å². The van der Waals surface area contributed by atoms with E-state index >= 15 is 0 Å². The van der Waals surface area contributed by atoms with E-state index in [1.54, 1.807) is 29.0 Å². The number of urea groups is 1. The Kier molecular flexibility index (Phi) is 3.86. The van der Waals surface area contributed by atoms with Gasteiger partial charge in [0, 0.05) is 19.8 Å². The summed E-state index contributed by atoms with van der Waals surface area (Å²) < 4.78 is 1.64. The van der Waals surface area contributed by atoms with Crippen molar-refractivity contribution in [3.63, 3.8) is 0 Å². The average Bonchev–Trinajstić information content (AvgIpc) is 2.74. The van der Waals surface area contributed by atoms with Crippen LogP contribution >= 0.6 is 0 Å². The van der Waals surface area contributed by atoms with Crippen molar-refractivity contribution < 1.29 is 9.90 Å². The molecule has 2 rings (SSSR count). The van der Waals surface area contributed by atoms with Crippen LogP contribution in [0, 0.1) is 5.92 Å². The maximum absolute atomic E-state index is 12.2. The van der Waals surface area contributed by atoms with Gasteiger partial charge in [0.05, 0.1) is 24.5 Å². The van der Waals surface area contributed by atoms with E-state index in [2.05, 4.69) is 17.3 Å². The van der Waals surface area contributed by atoms with Gasteiger partial charge in [0.25, 0.3) is 0 Å². The smallest absolute Gasteiger partial charge is 0.322 e. The summed E-state index contributed by atoms with van der Waals surface area (Å²) in [5, 5.41) is 16.2. The number of anilines is 1. The molecule has 1 aliphatic rings. The highest BCUT2D eigenvalue weighted by atomic mass is 16.3. The molecule has 1 aliphatic heterocycles. The minimum atomic E-state index is -0.159. The molecule has 2 heterocycles. The minimum Gasteiger partial charge on any atom is -0.394 e. The molecule has 2 atom stereocenters. The van der Waals surface area contributed by atoms with E-state index in [1.165, 1.54) is 0 Å². The molecule has 1 aromatic heterocycles. The summed E-state index contributed by atoms with van der Waals surface area (Å²) in [4.78, 5) is 13.9. The van der Waals surface area contributed by atoms with Gasteiger partial charge in [-0.1, -0.05) is 6.92 Å². The third kappa shape index (κ3) is 2.64. The van der Waals surface area contributed by atoms with Gasteiger partial charge in [-0.3, -0.25) is 4.68 Å². The first-order valence-corrected chi connectivity index (χ1v) is 6.29. The molecule has 6 heteroatoms. The van der Waals surface area contributed by atoms with Crippen LogP contribution in [0.5, 0.6) is 0 Å². The van der Waals surface area contributed by atoms with Crippen LogP contribution < -0.4 is 5.32 Å². The molecule has 0 aliphatic carbocycles. The van der Waals surface area contributed by atoms with Crippen molar-refractivity contribution in [1.29, 1.82) is 0 Å². The number of aliphatic hydroxyl groups excluding tert-OH is 1. The van der Waals surface area contributed by atoms with E-state index in [0.717, 1.165) is 12.8 Å². The van der Waals surface area contributed by atoms with Gasteiger partial charge in [-0.2, -0.15) is 5.10 Å². The number of nitrogens with zero attached hydrogens (tertiary/aromatic N) is 3. The predicted molar refractivity (Wildman–Crippen MR) is 68.2 cm³/mol. The second-order valence-corrected chi connectivity index (χ2v) is 4.90. The van der Waals surface area contributed by atoms with Crippen LogP contribution in [0.4, 0.5) is 10.5 Å². The second kappa shape index (κ2) is 5.39. The quantitative estimate of drug-likeness (QED) is 0.826. The molecule has 18 heavy (non-hydrogen) atoms. The van der Waals surface area contributed by atoms with E-state index in [4.69, 9.17) is 0 Å². The van der Waals surface area contributed by atoms with Gasteiger partial charge in [-0.25, -0.2) is 4.79 Å². The van der Waals surface area contributed by atoms with Crippen LogP contribution in [0.1, 0.15) is 19.8 Å². The Morgan fingerprint density at radius 2 is 2.44 bits per heavy atom. The molecule has 100 valence electrons. The Labute approximate surface area is 107 Å². The molecule has 0 spiro atoms. The van der Waals surface area contributed by atoms with Gasteiger partial charge in [0.2, 0.25) is 0 Å². The fourth-order valence-electron chi connectivity index (χ4n) is 2.46. The van der Waals surface area contributed by atoms with Crippen molar-refractivity contribution in [2.24, 2.45) is 13.0 Å². The molecule has 0 aromatic carbocycles. The predicted octanol–water partition coefficient (Wildman–Crippen LogP) is 1.04. The summed E-state index contributed by atoms with van der Waals surface area (Å²) in [6.07, 6.45) is 5.40. The number of nitrogens with one attached hydrogen (secondary N) is 1. The second-order valence-electron chi connectivity index (χ2n) is 4.90. The zero-order chi connectivity index (χ0) is 13.1. The molecule has 1 fully saturated rings. The molecule has 2 N–H and O–H groups in total. The molecule has 1 saturated heterocycles. The zero-order valence-corrected chi connectivity index (χ0v) is 10.8. The van der Waals surface area contributed by atoms with Crippen molar-refractivity contribution >= 4 is 11.7 Å². The number of carbonyl (C=O) groups is 1. The van der Waals surface area contributed by atoms with Crippen molar-refractivity contribution in [3.8, 4) is 0 Å². The van der Waals surface area contributed by atoms with Crippen molar-refractivity contribution in [2.75, 3.05) is 18.5 Å². The van der Waals surface area contributed by atoms with E-state index in [0.29, 0.717) is 18.2 Å². The van der Waals surface area contributed by atoms with Crippen molar-refractivity contribution in [3.05, 3.63) is 12.4 Å². The number of aromatic nitrogens is 2. The SMILES string of the molecule is CC1CCCN(C(=O)Nc2cnn(C)c2)C1CO. The van der Waals surface area contributed by atoms with Gasteiger partial charge in [-0.15, -0.1) is 0 Å². The first-order chi connectivity index (χ1) is 8.61. The zero-order valence-electron chi connectivity index (χ0n) is 10.8. The first-order valence-electron chi connectivity index (χ1n) is 6.29. The van der Waals surface area contributed by atoms with Crippen molar-refractivity contribution in [2.45, 2.75) is 25.8 Å². The van der Waals surface area contributed by atoms with Crippen LogP contribution in [0.3, 0.4) is 0 Å². The van der Waals surface area contributed by atoms with E-state index < -0.39 is 0 Å². The fourth-order valence-corrected chi connectivity index (χ4v) is 2.46. The molecule has 0 saturated carbocycles. The highest BCUT2D eigenvalue weighted by molar-refractivity contribution is 5.89. The Hall–Kier alpha value is -1.56. The largest absolute Gasteiger partial charge is 0.394 e. The van der Waals surface area contributed by atoms with E-state index in [9.17, 15) is 9.90 Å². The fraction of sp³-hybridized carbons (Fsp3) is 0.667. The number of likely N-dealkylation sites (tertiary alicyclic amines) is 1. The van der Waals surface area contributed by atoms with E-state index in [1.807, 2.05) is 0 Å². The lowest BCUT2D eigenvalue weighted by Gasteiger charge is -2.38. The standard InChI is InChI=1S/C12H20N4O2/c1-9-4-3-5-16(11(9)8-17)12(18)14-10-6-13-15(2)7-10/h6-7,9,11,17H,3-5,8H2,1-2H3,(H,14,18). The van der Waals surface area contributed by atoms with Crippen molar-refractivity contribution in [1.82, 2.24) is 14.7 Å². The maximum atomic E-state index is 12.2. The maximum Gasteiger partial charge on any atom is 0.322 e. The molecule has 1 aromatic rings. The van der Waals surface area contributed by atoms with Gasteiger partial charge < -0.3 is 15.3 Å². The topological polar surface area (TPSA) is 70.4 Å². The Balaban J connectivity index is 2.03. The number of aliphatic hydroxyl groups is 1. The summed E-state index contributed by atoms with van der Waals surface area (Å²) in [6, 6.07) is -0.246. The lowest BCUT2D eigenvalue weighted by Crippen LogP contribution is -2.51. The number of hydrogen-bond donors (Lipinski definition) is 2. The summed E-state index contributed by atoms with van der Waals surface area (Å²) in [5.74, 6) is 0.336. The number of piperidine rings is 1. The summed E-state index contributed by atoms with van der Waals surface area (Å²) >= 11 is 0. The molecule has 2 unspecified atom stereocenters. The van der Waals surface area contributed by atoms with Gasteiger partial charge >= 0.3 is 6.03 Å². The number of amides is 2. The van der Waals surface area contributed by atoms with Crippen LogP contribution in [0.25, 0.3) is 0 Å². The summed E-state index contributed by atoms with van der Waals surface area (Å²) in [6.45, 7) is 2.79. The van der Waals surface area contributed by atoms with E-state index in [-0.39, 0.29) is 18.7 Å². The number of rotatable bonds is 2. The Bertz CT molecular complexity index is 418. The Morgan fingerprint density at radius 3 is 3.06 bits per heavy atom. The van der Waals surface area contributed by atoms with Crippen LogP contribution in [0.2, 0.25) is 0 Å². The lowest BCUT2D eigenvalue weighted by atomic mass is 9.91. The first kappa shape index (κ1) is 12.9. The summed E-state index contributed by atoms with van der Waals surface area (Å²) in [7, 11) is 1.80. The third-order valence-electron chi connectivity index (χ3n) is 3.52. The third-order valence-corrected chi connectivity index (χ3v) is 3.52. The summed E-state index contributed by atoms with van der Waals surface area (Å²) in [5.41, 5.74) is 0.678. The number of hydrogen-bond acceptors (Lipinski definition) is 3. The monoisotopic (exact) mass is 252 g/mol. The molecule has 2 amide bonds.